The second-order valence-corrected chi connectivity index (χ2v) is 8.39. The lowest BCUT2D eigenvalue weighted by Gasteiger charge is -2.30. The molecule has 0 saturated heterocycles. The van der Waals surface area contributed by atoms with Gasteiger partial charge < -0.3 is 10.1 Å². The molecule has 0 unspecified atom stereocenters. The standard InChI is InChI=1S/C16H25ClN2O4S/c1-10(2)11(3)18-16(20)12(4)19(24(6,21)22)14-9-13(17)7-8-15(14)23-5/h7-12H,1-6H3,(H,18,20)/t11-,12-/m0/s1. The molecule has 1 N–H and O–H groups in total. The van der Waals surface area contributed by atoms with Crippen LogP contribution in [0.3, 0.4) is 0 Å². The Morgan fingerprint density at radius 3 is 2.29 bits per heavy atom. The van der Waals surface area contributed by atoms with Gasteiger partial charge in [-0.25, -0.2) is 8.42 Å². The maximum absolute atomic E-state index is 12.5. The van der Waals surface area contributed by atoms with Crippen molar-refractivity contribution in [3.05, 3.63) is 23.2 Å². The molecule has 2 atom stereocenters. The highest BCUT2D eigenvalue weighted by atomic mass is 35.5. The Labute approximate surface area is 149 Å². The summed E-state index contributed by atoms with van der Waals surface area (Å²) in [6, 6.07) is 3.60. The van der Waals surface area contributed by atoms with Crippen LogP contribution in [-0.4, -0.2) is 39.8 Å². The highest BCUT2D eigenvalue weighted by molar-refractivity contribution is 7.92. The Balaban J connectivity index is 3.29. The van der Waals surface area contributed by atoms with Crippen LogP contribution >= 0.6 is 11.6 Å². The van der Waals surface area contributed by atoms with E-state index in [2.05, 4.69) is 5.32 Å². The molecule has 0 radical (unpaired) electrons. The zero-order valence-electron chi connectivity index (χ0n) is 14.8. The molecule has 0 aromatic heterocycles. The number of nitrogens with one attached hydrogen (secondary N) is 1. The topological polar surface area (TPSA) is 75.7 Å². The number of ether oxygens (including phenoxy) is 1. The van der Waals surface area contributed by atoms with E-state index in [4.69, 9.17) is 16.3 Å². The largest absolute Gasteiger partial charge is 0.495 e. The number of nitrogens with zero attached hydrogens (tertiary/aromatic N) is 1. The molecule has 136 valence electrons. The number of carbonyl (C=O) groups is 1. The number of hydrogen-bond donors (Lipinski definition) is 1. The molecular formula is C16H25ClN2O4S. The van der Waals surface area contributed by atoms with Crippen molar-refractivity contribution in [1.82, 2.24) is 5.32 Å². The number of carbonyl (C=O) groups excluding carboxylic acids is 1. The van der Waals surface area contributed by atoms with Gasteiger partial charge in [-0.15, -0.1) is 0 Å². The number of halogens is 1. The minimum Gasteiger partial charge on any atom is -0.495 e. The third kappa shape index (κ3) is 5.01. The lowest BCUT2D eigenvalue weighted by Crippen LogP contribution is -2.50. The van der Waals surface area contributed by atoms with Crippen molar-refractivity contribution in [1.29, 1.82) is 0 Å². The van der Waals surface area contributed by atoms with E-state index in [-0.39, 0.29) is 23.6 Å². The van der Waals surface area contributed by atoms with Gasteiger partial charge in [0.05, 0.1) is 19.1 Å². The first kappa shape index (κ1) is 20.6. The molecule has 0 saturated carbocycles. The van der Waals surface area contributed by atoms with Crippen LogP contribution in [0.4, 0.5) is 5.69 Å². The molecule has 1 amide bonds. The number of benzene rings is 1. The first-order valence-corrected chi connectivity index (χ1v) is 9.85. The maximum atomic E-state index is 12.5. The third-order valence-corrected chi connectivity index (χ3v) is 5.30. The predicted octanol–water partition coefficient (Wildman–Crippen LogP) is 2.66. The molecular weight excluding hydrogens is 352 g/mol. The second kappa shape index (κ2) is 8.07. The van der Waals surface area contributed by atoms with Crippen LogP contribution < -0.4 is 14.4 Å². The zero-order valence-corrected chi connectivity index (χ0v) is 16.4. The van der Waals surface area contributed by atoms with Crippen LogP contribution in [0.1, 0.15) is 27.7 Å². The van der Waals surface area contributed by atoms with E-state index in [0.717, 1.165) is 10.6 Å². The van der Waals surface area contributed by atoms with Crippen molar-refractivity contribution in [3.63, 3.8) is 0 Å². The number of amides is 1. The summed E-state index contributed by atoms with van der Waals surface area (Å²) < 4.78 is 30.9. The van der Waals surface area contributed by atoms with Gasteiger partial charge in [0.25, 0.3) is 0 Å². The number of sulfonamides is 1. The maximum Gasteiger partial charge on any atom is 0.243 e. The fourth-order valence-corrected chi connectivity index (χ4v) is 3.46. The summed E-state index contributed by atoms with van der Waals surface area (Å²) in [5, 5.41) is 3.18. The Morgan fingerprint density at radius 1 is 1.25 bits per heavy atom. The average molecular weight is 377 g/mol. The molecule has 8 heteroatoms. The zero-order chi connectivity index (χ0) is 18.7. The molecule has 1 aromatic carbocycles. The molecule has 24 heavy (non-hydrogen) atoms. The minimum absolute atomic E-state index is 0.0809. The summed E-state index contributed by atoms with van der Waals surface area (Å²) in [5.41, 5.74) is 0.229. The summed E-state index contributed by atoms with van der Waals surface area (Å²) in [4.78, 5) is 12.5. The van der Waals surface area contributed by atoms with Gasteiger partial charge in [0, 0.05) is 11.1 Å². The van der Waals surface area contributed by atoms with Crippen molar-refractivity contribution < 1.29 is 17.9 Å². The molecule has 0 spiro atoms. The summed E-state index contributed by atoms with van der Waals surface area (Å²) in [6.45, 7) is 7.36. The van der Waals surface area contributed by atoms with E-state index < -0.39 is 16.1 Å². The number of methoxy groups -OCH3 is 1. The molecule has 0 aliphatic carbocycles. The van der Waals surface area contributed by atoms with E-state index in [1.54, 1.807) is 12.1 Å². The van der Waals surface area contributed by atoms with Gasteiger partial charge >= 0.3 is 0 Å². The molecule has 6 nitrogen and oxygen atoms in total. The molecule has 1 rings (SSSR count). The summed E-state index contributed by atoms with van der Waals surface area (Å²) >= 11 is 6.00. The Kier molecular flexibility index (Phi) is 6.92. The van der Waals surface area contributed by atoms with E-state index >= 15 is 0 Å². The SMILES string of the molecule is COc1ccc(Cl)cc1N([C@@H](C)C(=O)N[C@@H](C)C(C)C)S(C)(=O)=O. The van der Waals surface area contributed by atoms with Crippen molar-refractivity contribution >= 4 is 33.2 Å². The van der Waals surface area contributed by atoms with Crippen molar-refractivity contribution in [2.24, 2.45) is 5.92 Å². The van der Waals surface area contributed by atoms with Crippen LogP contribution in [-0.2, 0) is 14.8 Å². The van der Waals surface area contributed by atoms with Crippen LogP contribution in [0.5, 0.6) is 5.75 Å². The Bertz CT molecular complexity index is 691. The quantitative estimate of drug-likeness (QED) is 0.793. The first-order chi connectivity index (χ1) is 11.0. The number of rotatable bonds is 7. The van der Waals surface area contributed by atoms with Gasteiger partial charge in [0.15, 0.2) is 0 Å². The third-order valence-electron chi connectivity index (χ3n) is 3.84. The van der Waals surface area contributed by atoms with E-state index in [1.807, 2.05) is 20.8 Å². The summed E-state index contributed by atoms with van der Waals surface area (Å²) in [5.74, 6) is 0.165. The van der Waals surface area contributed by atoms with Gasteiger partial charge in [-0.1, -0.05) is 25.4 Å². The fourth-order valence-electron chi connectivity index (χ4n) is 2.13. The van der Waals surface area contributed by atoms with Crippen LogP contribution in [0, 0.1) is 5.92 Å². The predicted molar refractivity (Wildman–Crippen MR) is 97.2 cm³/mol. The summed E-state index contributed by atoms with van der Waals surface area (Å²) in [6.07, 6.45) is 1.04. The van der Waals surface area contributed by atoms with E-state index in [1.165, 1.54) is 20.1 Å². The minimum atomic E-state index is -3.73. The first-order valence-electron chi connectivity index (χ1n) is 7.62. The number of anilines is 1. The molecule has 1 aromatic rings. The monoisotopic (exact) mass is 376 g/mol. The van der Waals surface area contributed by atoms with Gasteiger partial charge in [-0.05, 0) is 38.0 Å². The average Bonchev–Trinajstić information content (AvgIpc) is 2.45. The molecule has 0 aliphatic heterocycles. The van der Waals surface area contributed by atoms with Crippen LogP contribution in [0.2, 0.25) is 5.02 Å². The fraction of sp³-hybridized carbons (Fsp3) is 0.562. The highest BCUT2D eigenvalue weighted by Gasteiger charge is 2.32. The van der Waals surface area contributed by atoms with Crippen molar-refractivity contribution in [3.8, 4) is 5.75 Å². The lowest BCUT2D eigenvalue weighted by molar-refractivity contribution is -0.122. The second-order valence-electron chi connectivity index (χ2n) is 6.09. The van der Waals surface area contributed by atoms with E-state index in [0.29, 0.717) is 10.8 Å². The van der Waals surface area contributed by atoms with E-state index in [9.17, 15) is 13.2 Å². The van der Waals surface area contributed by atoms with Crippen LogP contribution in [0.25, 0.3) is 0 Å². The van der Waals surface area contributed by atoms with Crippen molar-refractivity contribution in [2.45, 2.75) is 39.8 Å². The normalized spacial score (nSPS) is 14.2. The van der Waals surface area contributed by atoms with Gasteiger partial charge in [-0.2, -0.15) is 0 Å². The highest BCUT2D eigenvalue weighted by Crippen LogP contribution is 2.34. The molecule has 0 bridgehead atoms. The van der Waals surface area contributed by atoms with Gasteiger partial charge in [0.2, 0.25) is 15.9 Å². The molecule has 0 heterocycles. The van der Waals surface area contributed by atoms with Gasteiger partial charge in [0.1, 0.15) is 11.8 Å². The number of hydrogen-bond acceptors (Lipinski definition) is 4. The smallest absolute Gasteiger partial charge is 0.243 e. The molecule has 0 aliphatic rings. The van der Waals surface area contributed by atoms with Gasteiger partial charge in [-0.3, -0.25) is 9.10 Å². The van der Waals surface area contributed by atoms with Crippen molar-refractivity contribution in [2.75, 3.05) is 17.7 Å². The molecule has 0 fully saturated rings. The Morgan fingerprint density at radius 2 is 1.83 bits per heavy atom. The summed E-state index contributed by atoms with van der Waals surface area (Å²) in [7, 11) is -2.30. The Hall–Kier alpha value is -1.47. The lowest BCUT2D eigenvalue weighted by atomic mass is 10.1. The van der Waals surface area contributed by atoms with Crippen LogP contribution in [0.15, 0.2) is 18.2 Å².